The van der Waals surface area contributed by atoms with Crippen LogP contribution in [-0.4, -0.2) is 10.9 Å². The van der Waals surface area contributed by atoms with Crippen LogP contribution >= 0.6 is 15.9 Å². The summed E-state index contributed by atoms with van der Waals surface area (Å²) in [7, 11) is 0. The van der Waals surface area contributed by atoms with Gasteiger partial charge in [0, 0.05) is 16.4 Å². The van der Waals surface area contributed by atoms with E-state index in [0.29, 0.717) is 6.54 Å². The molecule has 4 heteroatoms. The third-order valence-electron chi connectivity index (χ3n) is 3.76. The molecule has 1 aromatic carbocycles. The van der Waals surface area contributed by atoms with Crippen molar-refractivity contribution in [3.8, 4) is 0 Å². The average Bonchev–Trinajstić information content (AvgIpc) is 2.63. The van der Waals surface area contributed by atoms with E-state index in [1.54, 1.807) is 6.20 Å². The average molecular weight is 331 g/mol. The fraction of sp³-hybridized carbons (Fsp3) is 0.250. The molecule has 102 valence electrons. The number of hydrogen-bond acceptors (Lipinski definition) is 2. The maximum Gasteiger partial charge on any atom is 0.237 e. The lowest BCUT2D eigenvalue weighted by Crippen LogP contribution is -2.35. The van der Waals surface area contributed by atoms with E-state index in [4.69, 9.17) is 0 Å². The van der Waals surface area contributed by atoms with Crippen molar-refractivity contribution < 1.29 is 4.79 Å². The number of para-hydroxylation sites is 1. The Hall–Kier alpha value is -1.68. The number of aromatic nitrogens is 1. The van der Waals surface area contributed by atoms with Crippen LogP contribution in [0.25, 0.3) is 0 Å². The number of carbonyl (C=O) groups excluding carboxylic acids is 1. The highest BCUT2D eigenvalue weighted by Gasteiger charge is 2.43. The molecule has 0 radical (unpaired) electrons. The van der Waals surface area contributed by atoms with Crippen molar-refractivity contribution in [1.29, 1.82) is 0 Å². The highest BCUT2D eigenvalue weighted by molar-refractivity contribution is 9.10. The third kappa shape index (κ3) is 2.04. The van der Waals surface area contributed by atoms with Crippen molar-refractivity contribution in [3.63, 3.8) is 0 Å². The lowest BCUT2D eigenvalue weighted by Gasteiger charge is -2.20. The molecule has 2 aromatic rings. The number of pyridine rings is 1. The Morgan fingerprint density at radius 1 is 1.20 bits per heavy atom. The van der Waals surface area contributed by atoms with Crippen molar-refractivity contribution in [3.05, 3.63) is 58.3 Å². The van der Waals surface area contributed by atoms with Gasteiger partial charge < -0.3 is 4.90 Å². The van der Waals surface area contributed by atoms with Crippen LogP contribution < -0.4 is 4.90 Å². The van der Waals surface area contributed by atoms with Crippen molar-refractivity contribution >= 4 is 27.5 Å². The molecule has 3 rings (SSSR count). The number of fused-ring (bicyclic) bond motifs is 1. The SMILES string of the molecule is CC1(C)C(=O)N(Cc2ccc(Br)cn2)c2ccccc21. The molecule has 3 nitrogen and oxygen atoms in total. The molecule has 0 bridgehead atoms. The number of anilines is 1. The molecule has 0 aliphatic carbocycles. The molecule has 2 heterocycles. The predicted octanol–water partition coefficient (Wildman–Crippen LogP) is 3.67. The van der Waals surface area contributed by atoms with Crippen molar-refractivity contribution in [2.24, 2.45) is 0 Å². The van der Waals surface area contributed by atoms with E-state index in [1.807, 2.05) is 55.1 Å². The Labute approximate surface area is 126 Å². The highest BCUT2D eigenvalue weighted by atomic mass is 79.9. The van der Waals surface area contributed by atoms with Crippen LogP contribution in [0.4, 0.5) is 5.69 Å². The Kier molecular flexibility index (Phi) is 3.13. The zero-order valence-electron chi connectivity index (χ0n) is 11.4. The molecule has 0 atom stereocenters. The third-order valence-corrected chi connectivity index (χ3v) is 4.23. The van der Waals surface area contributed by atoms with E-state index < -0.39 is 5.41 Å². The van der Waals surface area contributed by atoms with Crippen LogP contribution in [0.1, 0.15) is 25.1 Å². The van der Waals surface area contributed by atoms with Gasteiger partial charge in [-0.05, 0) is 53.5 Å². The molecule has 0 saturated heterocycles. The summed E-state index contributed by atoms with van der Waals surface area (Å²) in [6.45, 7) is 4.46. The van der Waals surface area contributed by atoms with Gasteiger partial charge in [-0.1, -0.05) is 18.2 Å². The second-order valence-electron chi connectivity index (χ2n) is 5.50. The van der Waals surface area contributed by atoms with Crippen LogP contribution in [-0.2, 0) is 16.8 Å². The van der Waals surface area contributed by atoms with Gasteiger partial charge in [0.1, 0.15) is 0 Å². The van der Waals surface area contributed by atoms with Gasteiger partial charge in [-0.25, -0.2) is 0 Å². The van der Waals surface area contributed by atoms with E-state index in [9.17, 15) is 4.79 Å². The van der Waals surface area contributed by atoms with Gasteiger partial charge in [-0.15, -0.1) is 0 Å². The van der Waals surface area contributed by atoms with E-state index in [0.717, 1.165) is 21.4 Å². The Morgan fingerprint density at radius 2 is 1.95 bits per heavy atom. The Balaban J connectivity index is 1.98. The highest BCUT2D eigenvalue weighted by Crippen LogP contribution is 2.41. The summed E-state index contributed by atoms with van der Waals surface area (Å²) < 4.78 is 0.940. The number of benzene rings is 1. The minimum absolute atomic E-state index is 0.128. The molecule has 0 spiro atoms. The molecule has 0 unspecified atom stereocenters. The van der Waals surface area contributed by atoms with Gasteiger partial charge in [0.05, 0.1) is 17.7 Å². The zero-order valence-corrected chi connectivity index (χ0v) is 13.0. The summed E-state index contributed by atoms with van der Waals surface area (Å²) in [6.07, 6.45) is 1.76. The number of nitrogens with zero attached hydrogens (tertiary/aromatic N) is 2. The van der Waals surface area contributed by atoms with Gasteiger partial charge >= 0.3 is 0 Å². The summed E-state index contributed by atoms with van der Waals surface area (Å²) in [5.41, 5.74) is 2.50. The molecule has 1 aliphatic heterocycles. The van der Waals surface area contributed by atoms with Gasteiger partial charge in [0.25, 0.3) is 0 Å². The summed E-state index contributed by atoms with van der Waals surface area (Å²) in [5, 5.41) is 0. The van der Waals surface area contributed by atoms with Gasteiger partial charge in [-0.3, -0.25) is 9.78 Å². The molecule has 0 N–H and O–H groups in total. The first-order chi connectivity index (χ1) is 9.50. The predicted molar refractivity (Wildman–Crippen MR) is 82.6 cm³/mol. The molecule has 1 aromatic heterocycles. The molecular weight excluding hydrogens is 316 g/mol. The summed E-state index contributed by atoms with van der Waals surface area (Å²) in [5.74, 6) is 0.128. The maximum absolute atomic E-state index is 12.6. The van der Waals surface area contributed by atoms with Crippen LogP contribution in [0.3, 0.4) is 0 Å². The fourth-order valence-corrected chi connectivity index (χ4v) is 2.85. The van der Waals surface area contributed by atoms with Gasteiger partial charge in [0.2, 0.25) is 5.91 Å². The maximum atomic E-state index is 12.6. The Bertz CT molecular complexity index is 664. The van der Waals surface area contributed by atoms with E-state index in [1.165, 1.54) is 0 Å². The number of carbonyl (C=O) groups is 1. The molecular formula is C16H15BrN2O. The lowest BCUT2D eigenvalue weighted by molar-refractivity contribution is -0.122. The number of rotatable bonds is 2. The van der Waals surface area contributed by atoms with Crippen LogP contribution in [0.5, 0.6) is 0 Å². The molecule has 1 amide bonds. The normalized spacial score (nSPS) is 16.4. The lowest BCUT2D eigenvalue weighted by atomic mass is 9.86. The standard InChI is InChI=1S/C16H15BrN2O/c1-16(2)13-5-3-4-6-14(13)19(15(16)20)10-12-8-7-11(17)9-18-12/h3-9H,10H2,1-2H3. The largest absolute Gasteiger partial charge is 0.305 e. The summed E-state index contributed by atoms with van der Waals surface area (Å²) in [6, 6.07) is 11.9. The van der Waals surface area contributed by atoms with Crippen LogP contribution in [0.15, 0.2) is 47.1 Å². The number of hydrogen-bond donors (Lipinski definition) is 0. The zero-order chi connectivity index (χ0) is 14.3. The fourth-order valence-electron chi connectivity index (χ4n) is 2.62. The van der Waals surface area contributed by atoms with Gasteiger partial charge in [0.15, 0.2) is 0 Å². The topological polar surface area (TPSA) is 33.2 Å². The van der Waals surface area contributed by atoms with E-state index in [2.05, 4.69) is 20.9 Å². The molecule has 1 aliphatic rings. The van der Waals surface area contributed by atoms with Crippen molar-refractivity contribution in [1.82, 2.24) is 4.98 Å². The number of amides is 1. The first-order valence-electron chi connectivity index (χ1n) is 6.52. The van der Waals surface area contributed by atoms with E-state index >= 15 is 0 Å². The van der Waals surface area contributed by atoms with Crippen LogP contribution in [0.2, 0.25) is 0 Å². The molecule has 0 saturated carbocycles. The quantitative estimate of drug-likeness (QED) is 0.841. The minimum atomic E-state index is -0.466. The van der Waals surface area contributed by atoms with Crippen LogP contribution in [0, 0.1) is 0 Å². The molecule has 0 fully saturated rings. The monoisotopic (exact) mass is 330 g/mol. The smallest absolute Gasteiger partial charge is 0.237 e. The van der Waals surface area contributed by atoms with Crippen molar-refractivity contribution in [2.75, 3.05) is 4.90 Å². The summed E-state index contributed by atoms with van der Waals surface area (Å²) in [4.78, 5) is 18.8. The second-order valence-corrected chi connectivity index (χ2v) is 6.42. The minimum Gasteiger partial charge on any atom is -0.305 e. The number of halogens is 1. The molecule has 20 heavy (non-hydrogen) atoms. The summed E-state index contributed by atoms with van der Waals surface area (Å²) >= 11 is 3.37. The first kappa shape index (κ1) is 13.3. The van der Waals surface area contributed by atoms with Crippen molar-refractivity contribution in [2.45, 2.75) is 25.8 Å². The van der Waals surface area contributed by atoms with E-state index in [-0.39, 0.29) is 5.91 Å². The van der Waals surface area contributed by atoms with Gasteiger partial charge in [-0.2, -0.15) is 0 Å². The Morgan fingerprint density at radius 3 is 2.65 bits per heavy atom. The second kappa shape index (κ2) is 4.70. The first-order valence-corrected chi connectivity index (χ1v) is 7.31.